The second-order valence-electron chi connectivity index (χ2n) is 4.70. The molecule has 0 atom stereocenters. The molecule has 0 N–H and O–H groups in total. The van der Waals surface area contributed by atoms with Gasteiger partial charge in [-0.25, -0.2) is 4.68 Å². The predicted molar refractivity (Wildman–Crippen MR) is 79.5 cm³/mol. The molecule has 3 rings (SSSR count). The molecule has 0 aliphatic rings. The zero-order valence-corrected chi connectivity index (χ0v) is 11.7. The van der Waals surface area contributed by atoms with Crippen LogP contribution in [0.1, 0.15) is 16.8 Å². The Morgan fingerprint density at radius 2 is 1.90 bits per heavy atom. The van der Waals surface area contributed by atoms with Crippen LogP contribution >= 0.6 is 0 Å². The number of fused-ring (bicyclic) bond motifs is 1. The van der Waals surface area contributed by atoms with Gasteiger partial charge in [0.25, 0.3) is 0 Å². The van der Waals surface area contributed by atoms with Gasteiger partial charge in [-0.3, -0.25) is 4.79 Å². The molecule has 5 heteroatoms. The molecule has 1 aromatic heterocycles. The third-order valence-electron chi connectivity index (χ3n) is 3.38. The highest BCUT2D eigenvalue weighted by Gasteiger charge is 2.09. The number of aromatic nitrogens is 3. The summed E-state index contributed by atoms with van der Waals surface area (Å²) < 4.78 is 6.84. The number of methoxy groups -OCH3 is 1. The van der Waals surface area contributed by atoms with Crippen LogP contribution < -0.4 is 4.74 Å². The molecule has 106 valence electrons. The smallest absolute Gasteiger partial charge is 0.164 e. The molecule has 0 spiro atoms. The number of rotatable bonds is 5. The summed E-state index contributed by atoms with van der Waals surface area (Å²) in [4.78, 5) is 12.2. The summed E-state index contributed by atoms with van der Waals surface area (Å²) in [6.45, 7) is 0.519. The maximum atomic E-state index is 12.2. The highest BCUT2D eigenvalue weighted by atomic mass is 16.5. The first-order valence-electron chi connectivity index (χ1n) is 6.73. The van der Waals surface area contributed by atoms with Gasteiger partial charge in [0.1, 0.15) is 11.3 Å². The summed E-state index contributed by atoms with van der Waals surface area (Å²) in [6, 6.07) is 14.9. The second kappa shape index (κ2) is 5.75. The minimum Gasteiger partial charge on any atom is -0.497 e. The zero-order chi connectivity index (χ0) is 14.7. The van der Waals surface area contributed by atoms with Gasteiger partial charge in [-0.2, -0.15) is 0 Å². The van der Waals surface area contributed by atoms with E-state index in [0.717, 1.165) is 16.8 Å². The van der Waals surface area contributed by atoms with Crippen molar-refractivity contribution in [3.63, 3.8) is 0 Å². The first-order chi connectivity index (χ1) is 10.3. The first kappa shape index (κ1) is 13.3. The van der Waals surface area contributed by atoms with E-state index in [-0.39, 0.29) is 5.78 Å². The van der Waals surface area contributed by atoms with Crippen LogP contribution in [0.5, 0.6) is 5.75 Å². The monoisotopic (exact) mass is 281 g/mol. The van der Waals surface area contributed by atoms with Crippen molar-refractivity contribution in [2.75, 3.05) is 7.11 Å². The third kappa shape index (κ3) is 2.76. The quantitative estimate of drug-likeness (QED) is 0.675. The predicted octanol–water partition coefficient (Wildman–Crippen LogP) is 2.71. The Balaban J connectivity index is 1.70. The van der Waals surface area contributed by atoms with Crippen LogP contribution in [0.3, 0.4) is 0 Å². The molecular weight excluding hydrogens is 266 g/mol. The van der Waals surface area contributed by atoms with Gasteiger partial charge in [0.2, 0.25) is 0 Å². The van der Waals surface area contributed by atoms with E-state index in [2.05, 4.69) is 10.3 Å². The van der Waals surface area contributed by atoms with Crippen molar-refractivity contribution in [1.82, 2.24) is 15.0 Å². The fraction of sp³-hybridized carbons (Fsp3) is 0.188. The fourth-order valence-electron chi connectivity index (χ4n) is 2.21. The average Bonchev–Trinajstić information content (AvgIpc) is 2.96. The molecular formula is C16H15N3O2. The van der Waals surface area contributed by atoms with Gasteiger partial charge in [0.15, 0.2) is 5.78 Å². The number of nitrogens with zero attached hydrogens (tertiary/aromatic N) is 3. The van der Waals surface area contributed by atoms with Gasteiger partial charge in [-0.15, -0.1) is 5.10 Å². The molecule has 0 aliphatic heterocycles. The number of ketones is 1. The minimum absolute atomic E-state index is 0.0808. The summed E-state index contributed by atoms with van der Waals surface area (Å²) in [5.41, 5.74) is 2.47. The van der Waals surface area contributed by atoms with Crippen molar-refractivity contribution in [2.24, 2.45) is 0 Å². The standard InChI is InChI=1S/C16H15N3O2/c1-21-13-8-6-12(7-9-13)16(20)10-11-19-15-5-3-2-4-14(15)17-18-19/h2-9H,10-11H2,1H3. The van der Waals surface area contributed by atoms with Gasteiger partial charge in [0.05, 0.1) is 19.2 Å². The Labute approximate surface area is 122 Å². The number of Topliss-reactive ketones (excluding diaryl/α,β-unsaturated/α-hetero) is 1. The van der Waals surface area contributed by atoms with E-state index < -0.39 is 0 Å². The molecule has 0 aliphatic carbocycles. The van der Waals surface area contributed by atoms with Crippen molar-refractivity contribution in [1.29, 1.82) is 0 Å². The van der Waals surface area contributed by atoms with Crippen LogP contribution in [-0.2, 0) is 6.54 Å². The Kier molecular flexibility index (Phi) is 3.64. The lowest BCUT2D eigenvalue weighted by Crippen LogP contribution is -2.07. The van der Waals surface area contributed by atoms with Crippen LogP contribution in [-0.4, -0.2) is 27.9 Å². The van der Waals surface area contributed by atoms with E-state index in [1.165, 1.54) is 0 Å². The number of benzene rings is 2. The van der Waals surface area contributed by atoms with Crippen molar-refractivity contribution < 1.29 is 9.53 Å². The molecule has 3 aromatic rings. The van der Waals surface area contributed by atoms with Crippen LogP contribution in [0.4, 0.5) is 0 Å². The first-order valence-corrected chi connectivity index (χ1v) is 6.73. The Morgan fingerprint density at radius 3 is 2.67 bits per heavy atom. The molecule has 0 saturated carbocycles. The van der Waals surface area contributed by atoms with E-state index in [0.29, 0.717) is 18.5 Å². The van der Waals surface area contributed by atoms with Gasteiger partial charge < -0.3 is 4.74 Å². The third-order valence-corrected chi connectivity index (χ3v) is 3.38. The number of carbonyl (C=O) groups excluding carboxylic acids is 1. The fourth-order valence-corrected chi connectivity index (χ4v) is 2.21. The number of para-hydroxylation sites is 1. The maximum absolute atomic E-state index is 12.2. The molecule has 0 saturated heterocycles. The van der Waals surface area contributed by atoms with Gasteiger partial charge in [-0.1, -0.05) is 17.3 Å². The summed E-state index contributed by atoms with van der Waals surface area (Å²) >= 11 is 0. The van der Waals surface area contributed by atoms with E-state index in [1.807, 2.05) is 24.3 Å². The molecule has 21 heavy (non-hydrogen) atoms. The number of hydrogen-bond donors (Lipinski definition) is 0. The SMILES string of the molecule is COc1ccc(C(=O)CCn2nnc3ccccc32)cc1. The van der Waals surface area contributed by atoms with E-state index in [4.69, 9.17) is 4.74 Å². The average molecular weight is 281 g/mol. The second-order valence-corrected chi connectivity index (χ2v) is 4.70. The number of aryl methyl sites for hydroxylation is 1. The van der Waals surface area contributed by atoms with Crippen LogP contribution in [0, 0.1) is 0 Å². The summed E-state index contributed by atoms with van der Waals surface area (Å²) in [5, 5.41) is 8.16. The van der Waals surface area contributed by atoms with Crippen LogP contribution in [0.25, 0.3) is 11.0 Å². The molecule has 0 fully saturated rings. The maximum Gasteiger partial charge on any atom is 0.164 e. The number of carbonyl (C=O) groups is 1. The topological polar surface area (TPSA) is 57.0 Å². The van der Waals surface area contributed by atoms with Gasteiger partial charge in [-0.05, 0) is 36.4 Å². The van der Waals surface area contributed by atoms with Gasteiger partial charge in [0, 0.05) is 12.0 Å². The number of hydrogen-bond acceptors (Lipinski definition) is 4. The minimum atomic E-state index is 0.0808. The highest BCUT2D eigenvalue weighted by Crippen LogP contribution is 2.14. The summed E-state index contributed by atoms with van der Waals surface area (Å²) in [7, 11) is 1.60. The zero-order valence-electron chi connectivity index (χ0n) is 11.7. The Hall–Kier alpha value is -2.69. The largest absolute Gasteiger partial charge is 0.497 e. The Morgan fingerprint density at radius 1 is 1.14 bits per heavy atom. The summed E-state index contributed by atoms with van der Waals surface area (Å²) in [6.07, 6.45) is 0.389. The van der Waals surface area contributed by atoms with Crippen molar-refractivity contribution in [3.8, 4) is 5.75 Å². The van der Waals surface area contributed by atoms with Crippen molar-refractivity contribution in [2.45, 2.75) is 13.0 Å². The van der Waals surface area contributed by atoms with Crippen LogP contribution in [0.15, 0.2) is 48.5 Å². The molecule has 1 heterocycles. The molecule has 5 nitrogen and oxygen atoms in total. The lowest BCUT2D eigenvalue weighted by atomic mass is 10.1. The van der Waals surface area contributed by atoms with E-state index in [1.54, 1.807) is 36.1 Å². The molecule has 0 bridgehead atoms. The van der Waals surface area contributed by atoms with Crippen LogP contribution in [0.2, 0.25) is 0 Å². The highest BCUT2D eigenvalue weighted by molar-refractivity contribution is 5.96. The van der Waals surface area contributed by atoms with E-state index in [9.17, 15) is 4.79 Å². The molecule has 0 radical (unpaired) electrons. The Bertz CT molecular complexity index is 763. The normalized spacial score (nSPS) is 10.7. The van der Waals surface area contributed by atoms with Crippen molar-refractivity contribution >= 4 is 16.8 Å². The molecule has 0 unspecified atom stereocenters. The van der Waals surface area contributed by atoms with E-state index >= 15 is 0 Å². The van der Waals surface area contributed by atoms with Crippen molar-refractivity contribution in [3.05, 3.63) is 54.1 Å². The molecule has 2 aromatic carbocycles. The molecule has 0 amide bonds. The summed E-state index contributed by atoms with van der Waals surface area (Å²) in [5.74, 6) is 0.825. The lowest BCUT2D eigenvalue weighted by Gasteiger charge is -2.04. The van der Waals surface area contributed by atoms with Gasteiger partial charge >= 0.3 is 0 Å². The lowest BCUT2D eigenvalue weighted by molar-refractivity contribution is 0.0976. The number of ether oxygens (including phenoxy) is 1.